The summed E-state index contributed by atoms with van der Waals surface area (Å²) in [5.41, 5.74) is 0.942. The number of carbonyl (C=O) groups excluding carboxylic acids is 1. The number of anilines is 1. The van der Waals surface area contributed by atoms with Crippen molar-refractivity contribution in [2.24, 2.45) is 0 Å². The third-order valence-corrected chi connectivity index (χ3v) is 4.56. The molecule has 0 unspecified atom stereocenters. The second-order valence-corrected chi connectivity index (χ2v) is 7.02. The van der Waals surface area contributed by atoms with Gasteiger partial charge in [-0.15, -0.1) is 5.10 Å². The number of halogens is 1. The third kappa shape index (κ3) is 5.08. The van der Waals surface area contributed by atoms with E-state index in [-0.39, 0.29) is 29.8 Å². The first kappa shape index (κ1) is 21.0. The highest BCUT2D eigenvalue weighted by Crippen LogP contribution is 2.26. The molecule has 2 aromatic carbocycles. The van der Waals surface area contributed by atoms with E-state index in [0.29, 0.717) is 11.6 Å². The lowest BCUT2D eigenvalue weighted by atomic mass is 10.2. The highest BCUT2D eigenvalue weighted by Gasteiger charge is 2.15. The van der Waals surface area contributed by atoms with E-state index in [1.54, 1.807) is 28.9 Å². The fourth-order valence-electron chi connectivity index (χ4n) is 2.79. The first-order valence-electron chi connectivity index (χ1n) is 9.33. The molecule has 0 saturated carbocycles. The standard InChI is InChI=1S/C20H16ClN7O4/c21-15-7-5-14(6-8-15)11-27-12-22-20(25-27)23-19(29)16-9-10-26(24-16)13-32-18-4-2-1-3-17(18)28(30)31/h1-10,12H,11,13H2,(H,23,25,29). The minimum atomic E-state index is -0.531. The number of nitro groups is 1. The molecular formula is C20H16ClN7O4. The largest absolute Gasteiger partial charge is 0.464 e. The molecule has 1 amide bonds. The number of benzene rings is 2. The van der Waals surface area contributed by atoms with Crippen LogP contribution in [-0.4, -0.2) is 35.4 Å². The molecule has 32 heavy (non-hydrogen) atoms. The van der Waals surface area contributed by atoms with E-state index in [0.717, 1.165) is 5.56 Å². The van der Waals surface area contributed by atoms with Gasteiger partial charge in [-0.3, -0.25) is 20.2 Å². The number of ether oxygens (including phenoxy) is 1. The van der Waals surface area contributed by atoms with E-state index in [1.807, 2.05) is 12.1 Å². The normalized spacial score (nSPS) is 10.7. The third-order valence-electron chi connectivity index (χ3n) is 4.31. The first-order chi connectivity index (χ1) is 15.5. The molecule has 2 heterocycles. The predicted molar refractivity (Wildman–Crippen MR) is 114 cm³/mol. The second-order valence-electron chi connectivity index (χ2n) is 6.59. The van der Waals surface area contributed by atoms with Gasteiger partial charge in [0.1, 0.15) is 6.33 Å². The van der Waals surface area contributed by atoms with E-state index in [4.69, 9.17) is 16.3 Å². The number of amides is 1. The SMILES string of the molecule is O=C(Nc1ncn(Cc2ccc(Cl)cc2)n1)c1ccn(COc2ccccc2[N+](=O)[O-])n1. The molecule has 1 N–H and O–H groups in total. The molecule has 0 aliphatic rings. The van der Waals surface area contributed by atoms with Crippen LogP contribution in [0.2, 0.25) is 5.02 Å². The molecule has 0 saturated heterocycles. The highest BCUT2D eigenvalue weighted by molar-refractivity contribution is 6.30. The van der Waals surface area contributed by atoms with Crippen molar-refractivity contribution in [3.05, 3.63) is 93.5 Å². The van der Waals surface area contributed by atoms with Crippen LogP contribution in [0, 0.1) is 10.1 Å². The van der Waals surface area contributed by atoms with Crippen molar-refractivity contribution in [1.82, 2.24) is 24.5 Å². The molecule has 0 aliphatic carbocycles. The van der Waals surface area contributed by atoms with Crippen LogP contribution < -0.4 is 10.1 Å². The van der Waals surface area contributed by atoms with Crippen molar-refractivity contribution >= 4 is 29.1 Å². The van der Waals surface area contributed by atoms with E-state index >= 15 is 0 Å². The Hall–Kier alpha value is -4.25. The fourth-order valence-corrected chi connectivity index (χ4v) is 2.92. The van der Waals surface area contributed by atoms with Gasteiger partial charge >= 0.3 is 5.69 Å². The predicted octanol–water partition coefficient (Wildman–Crippen LogP) is 3.37. The quantitative estimate of drug-likeness (QED) is 0.319. The van der Waals surface area contributed by atoms with Gasteiger partial charge in [0.15, 0.2) is 18.2 Å². The number of carbonyl (C=O) groups is 1. The Morgan fingerprint density at radius 3 is 2.66 bits per heavy atom. The van der Waals surface area contributed by atoms with Crippen LogP contribution >= 0.6 is 11.6 Å². The van der Waals surface area contributed by atoms with Gasteiger partial charge in [-0.2, -0.15) is 5.10 Å². The molecule has 11 nitrogen and oxygen atoms in total. The Morgan fingerprint density at radius 2 is 1.88 bits per heavy atom. The summed E-state index contributed by atoms with van der Waals surface area (Å²) >= 11 is 5.88. The number of nitrogens with zero attached hydrogens (tertiary/aromatic N) is 6. The zero-order valence-corrected chi connectivity index (χ0v) is 17.2. The van der Waals surface area contributed by atoms with E-state index in [1.165, 1.54) is 35.4 Å². The maximum Gasteiger partial charge on any atom is 0.311 e. The summed E-state index contributed by atoms with van der Waals surface area (Å²) in [5, 5.41) is 22.6. The monoisotopic (exact) mass is 453 g/mol. The van der Waals surface area contributed by atoms with E-state index in [9.17, 15) is 14.9 Å². The number of hydrogen-bond acceptors (Lipinski definition) is 7. The zero-order valence-electron chi connectivity index (χ0n) is 16.5. The summed E-state index contributed by atoms with van der Waals surface area (Å²) in [7, 11) is 0. The Labute approximate surface area is 186 Å². The van der Waals surface area contributed by atoms with Crippen molar-refractivity contribution < 1.29 is 14.5 Å². The van der Waals surface area contributed by atoms with Crippen LogP contribution in [0.1, 0.15) is 16.1 Å². The van der Waals surface area contributed by atoms with E-state index in [2.05, 4.69) is 20.5 Å². The Bertz CT molecular complexity index is 1250. The van der Waals surface area contributed by atoms with Crippen LogP contribution in [0.3, 0.4) is 0 Å². The topological polar surface area (TPSA) is 130 Å². The summed E-state index contributed by atoms with van der Waals surface area (Å²) in [6, 6.07) is 14.8. The molecule has 4 rings (SSSR count). The Kier molecular flexibility index (Phi) is 6.08. The van der Waals surface area contributed by atoms with E-state index < -0.39 is 10.8 Å². The molecule has 0 fully saturated rings. The average Bonchev–Trinajstić information content (AvgIpc) is 3.43. The van der Waals surface area contributed by atoms with Crippen LogP contribution in [0.25, 0.3) is 0 Å². The van der Waals surface area contributed by atoms with Crippen molar-refractivity contribution in [3.63, 3.8) is 0 Å². The number of nitrogens with one attached hydrogen (secondary N) is 1. The average molecular weight is 454 g/mol. The van der Waals surface area contributed by atoms with Gasteiger partial charge in [-0.05, 0) is 29.8 Å². The molecule has 12 heteroatoms. The summed E-state index contributed by atoms with van der Waals surface area (Å²) in [4.78, 5) is 27.0. The van der Waals surface area contributed by atoms with Crippen molar-refractivity contribution in [3.8, 4) is 5.75 Å². The number of aromatic nitrogens is 5. The van der Waals surface area contributed by atoms with Gasteiger partial charge < -0.3 is 4.74 Å². The number of para-hydroxylation sites is 2. The summed E-state index contributed by atoms with van der Waals surface area (Å²) in [6.45, 7) is 0.365. The highest BCUT2D eigenvalue weighted by atomic mass is 35.5. The summed E-state index contributed by atoms with van der Waals surface area (Å²) in [5.74, 6) is -0.261. The number of hydrogen-bond donors (Lipinski definition) is 1. The molecular weight excluding hydrogens is 438 g/mol. The lowest BCUT2D eigenvalue weighted by Crippen LogP contribution is -2.15. The molecule has 4 aromatic rings. The van der Waals surface area contributed by atoms with Crippen LogP contribution in [0.4, 0.5) is 11.6 Å². The number of nitro benzene ring substituents is 1. The molecule has 0 radical (unpaired) electrons. The summed E-state index contributed by atoms with van der Waals surface area (Å²) in [6.07, 6.45) is 3.03. The van der Waals surface area contributed by atoms with Gasteiger partial charge in [0.2, 0.25) is 5.95 Å². The van der Waals surface area contributed by atoms with Crippen molar-refractivity contribution in [2.45, 2.75) is 13.3 Å². The molecule has 162 valence electrons. The van der Waals surface area contributed by atoms with Gasteiger partial charge in [-0.1, -0.05) is 35.9 Å². The molecule has 2 aromatic heterocycles. The Morgan fingerprint density at radius 1 is 1.09 bits per heavy atom. The maximum absolute atomic E-state index is 12.4. The van der Waals surface area contributed by atoms with Crippen LogP contribution in [0.5, 0.6) is 5.75 Å². The lowest BCUT2D eigenvalue weighted by Gasteiger charge is -2.06. The Balaban J connectivity index is 1.35. The van der Waals surface area contributed by atoms with Gasteiger partial charge in [-0.25, -0.2) is 14.3 Å². The number of rotatable bonds is 8. The summed E-state index contributed by atoms with van der Waals surface area (Å²) < 4.78 is 8.38. The first-order valence-corrected chi connectivity index (χ1v) is 9.70. The molecule has 0 aliphatic heterocycles. The maximum atomic E-state index is 12.4. The van der Waals surface area contributed by atoms with Crippen LogP contribution in [0.15, 0.2) is 67.1 Å². The van der Waals surface area contributed by atoms with Gasteiger partial charge in [0.05, 0.1) is 11.5 Å². The fraction of sp³-hybridized carbons (Fsp3) is 0.100. The lowest BCUT2D eigenvalue weighted by molar-refractivity contribution is -0.386. The van der Waals surface area contributed by atoms with Crippen molar-refractivity contribution in [2.75, 3.05) is 5.32 Å². The second kappa shape index (κ2) is 9.27. The van der Waals surface area contributed by atoms with Crippen LogP contribution in [-0.2, 0) is 13.3 Å². The smallest absolute Gasteiger partial charge is 0.311 e. The molecule has 0 atom stereocenters. The molecule has 0 spiro atoms. The van der Waals surface area contributed by atoms with Crippen molar-refractivity contribution in [1.29, 1.82) is 0 Å². The minimum Gasteiger partial charge on any atom is -0.464 e. The zero-order chi connectivity index (χ0) is 22.5. The van der Waals surface area contributed by atoms with Gasteiger partial charge in [0, 0.05) is 17.3 Å². The van der Waals surface area contributed by atoms with Gasteiger partial charge in [0.25, 0.3) is 5.91 Å². The minimum absolute atomic E-state index is 0.105. The molecule has 0 bridgehead atoms.